The standard InChI is InChI=1S/C30H35F2N5O4.ClH/c1-35-27-20(6-3-7-24(27)37(30(35)41)25-10-11-26(38)34-28(25)39)5-2-4-18-12-14-36(15-13-18)29(40)23(33)17-19-8-9-21(31)22(32)16-19;/h3,6-9,16,18,23,25H,2,4-5,10-15,17,33H2,1H3,(H,34,38,39);1H. The highest BCUT2D eigenvalue weighted by atomic mass is 35.5. The number of imidazole rings is 1. The van der Waals surface area contributed by atoms with Crippen molar-refractivity contribution in [3.63, 3.8) is 0 Å². The van der Waals surface area contributed by atoms with E-state index in [0.717, 1.165) is 55.3 Å². The Balaban J connectivity index is 0.00000405. The summed E-state index contributed by atoms with van der Waals surface area (Å²) >= 11 is 0. The topological polar surface area (TPSA) is 119 Å². The van der Waals surface area contributed by atoms with Crippen LogP contribution in [0.15, 0.2) is 41.2 Å². The molecule has 2 fully saturated rings. The van der Waals surface area contributed by atoms with E-state index in [1.807, 2.05) is 18.2 Å². The molecule has 3 N–H and O–H groups in total. The van der Waals surface area contributed by atoms with Crippen molar-refractivity contribution in [3.05, 3.63) is 69.6 Å². The van der Waals surface area contributed by atoms with Crippen molar-refractivity contribution in [1.82, 2.24) is 19.4 Å². The van der Waals surface area contributed by atoms with E-state index in [0.29, 0.717) is 36.5 Å². The van der Waals surface area contributed by atoms with Gasteiger partial charge in [0.2, 0.25) is 17.7 Å². The highest BCUT2D eigenvalue weighted by molar-refractivity contribution is 6.00. The Morgan fingerprint density at radius 2 is 1.81 bits per heavy atom. The molecule has 1 aromatic heterocycles. The van der Waals surface area contributed by atoms with Gasteiger partial charge in [-0.15, -0.1) is 12.4 Å². The average Bonchev–Trinajstić information content (AvgIpc) is 3.21. The van der Waals surface area contributed by atoms with Crippen molar-refractivity contribution in [3.8, 4) is 0 Å². The van der Waals surface area contributed by atoms with Crippen LogP contribution >= 0.6 is 12.4 Å². The van der Waals surface area contributed by atoms with Gasteiger partial charge in [0.05, 0.1) is 17.1 Å². The van der Waals surface area contributed by atoms with Crippen molar-refractivity contribution < 1.29 is 23.2 Å². The van der Waals surface area contributed by atoms with Crippen molar-refractivity contribution in [2.24, 2.45) is 18.7 Å². The second kappa shape index (κ2) is 13.2. The number of halogens is 3. The molecule has 2 aliphatic heterocycles. The quantitative estimate of drug-likeness (QED) is 0.384. The van der Waals surface area contributed by atoms with E-state index in [2.05, 4.69) is 5.32 Å². The SMILES string of the molecule is Cl.Cn1c(=O)n(C2CCC(=O)NC2=O)c2cccc(CCCC3CCN(C(=O)C(N)Cc4ccc(F)c(F)c4)CC3)c21. The van der Waals surface area contributed by atoms with E-state index in [9.17, 15) is 28.0 Å². The van der Waals surface area contributed by atoms with Crippen LogP contribution in [0.2, 0.25) is 0 Å². The average molecular weight is 604 g/mol. The molecule has 3 amide bonds. The largest absolute Gasteiger partial charge is 0.341 e. The van der Waals surface area contributed by atoms with Crippen LogP contribution in [-0.4, -0.2) is 50.9 Å². The second-order valence-electron chi connectivity index (χ2n) is 11.2. The van der Waals surface area contributed by atoms with Gasteiger partial charge in [0.15, 0.2) is 11.6 Å². The maximum Gasteiger partial charge on any atom is 0.329 e. The predicted octanol–water partition coefficient (Wildman–Crippen LogP) is 3.15. The fraction of sp³-hybridized carbons (Fsp3) is 0.467. The number of rotatable bonds is 8. The highest BCUT2D eigenvalue weighted by Gasteiger charge is 2.32. The Morgan fingerprint density at radius 3 is 2.50 bits per heavy atom. The maximum atomic E-state index is 13.5. The maximum absolute atomic E-state index is 13.5. The summed E-state index contributed by atoms with van der Waals surface area (Å²) in [5, 5.41) is 2.34. The van der Waals surface area contributed by atoms with Crippen LogP contribution in [0, 0.1) is 17.6 Å². The Morgan fingerprint density at radius 1 is 1.07 bits per heavy atom. The van der Waals surface area contributed by atoms with E-state index in [4.69, 9.17) is 5.73 Å². The van der Waals surface area contributed by atoms with Crippen LogP contribution in [0.25, 0.3) is 11.0 Å². The van der Waals surface area contributed by atoms with Crippen LogP contribution in [0.5, 0.6) is 0 Å². The molecule has 5 rings (SSSR count). The third-order valence-corrected chi connectivity index (χ3v) is 8.45. The van der Waals surface area contributed by atoms with Gasteiger partial charge in [0.25, 0.3) is 0 Å². The Hall–Kier alpha value is -3.57. The molecular weight excluding hydrogens is 568 g/mol. The lowest BCUT2D eigenvalue weighted by Crippen LogP contribution is -2.48. The summed E-state index contributed by atoms with van der Waals surface area (Å²) in [6, 6.07) is 7.79. The first-order chi connectivity index (χ1) is 19.6. The van der Waals surface area contributed by atoms with E-state index < -0.39 is 29.6 Å². The summed E-state index contributed by atoms with van der Waals surface area (Å²) in [6.07, 6.45) is 5.01. The van der Waals surface area contributed by atoms with Crippen LogP contribution in [0.4, 0.5) is 8.78 Å². The number of nitrogens with one attached hydrogen (secondary N) is 1. The lowest BCUT2D eigenvalue weighted by atomic mass is 9.90. The number of hydrogen-bond acceptors (Lipinski definition) is 5. The summed E-state index contributed by atoms with van der Waals surface area (Å²) in [7, 11) is 1.71. The third-order valence-electron chi connectivity index (χ3n) is 8.45. The molecule has 2 atom stereocenters. The number of fused-ring (bicyclic) bond motifs is 1. The number of carbonyl (C=O) groups excluding carboxylic acids is 3. The van der Waals surface area contributed by atoms with Gasteiger partial charge in [-0.3, -0.25) is 28.8 Å². The summed E-state index contributed by atoms with van der Waals surface area (Å²) in [4.78, 5) is 51.9. The molecule has 3 aromatic rings. The Kier molecular flexibility index (Phi) is 9.83. The van der Waals surface area contributed by atoms with Gasteiger partial charge in [-0.05, 0) is 80.2 Å². The molecule has 0 aliphatic carbocycles. The number of hydrogen-bond donors (Lipinski definition) is 2. The molecule has 2 saturated heterocycles. The smallest absolute Gasteiger partial charge is 0.329 e. The minimum absolute atomic E-state index is 0. The molecule has 9 nitrogen and oxygen atoms in total. The number of para-hydroxylation sites is 1. The van der Waals surface area contributed by atoms with E-state index >= 15 is 0 Å². The number of aromatic nitrogens is 2. The zero-order valence-corrected chi connectivity index (χ0v) is 24.3. The zero-order valence-electron chi connectivity index (χ0n) is 23.5. The van der Waals surface area contributed by atoms with Gasteiger partial charge in [-0.1, -0.05) is 18.2 Å². The summed E-state index contributed by atoms with van der Waals surface area (Å²) in [5.74, 6) is -2.37. The number of likely N-dealkylation sites (tertiary alicyclic amines) is 1. The second-order valence-corrected chi connectivity index (χ2v) is 11.2. The lowest BCUT2D eigenvalue weighted by molar-refractivity contribution is -0.136. The van der Waals surface area contributed by atoms with Crippen molar-refractivity contribution in [2.45, 2.75) is 63.5 Å². The van der Waals surface area contributed by atoms with Crippen molar-refractivity contribution in [2.75, 3.05) is 13.1 Å². The number of amides is 3. The fourth-order valence-corrected chi connectivity index (χ4v) is 6.22. The first-order valence-corrected chi connectivity index (χ1v) is 14.1. The van der Waals surface area contributed by atoms with Gasteiger partial charge in [-0.25, -0.2) is 13.6 Å². The molecule has 0 saturated carbocycles. The van der Waals surface area contributed by atoms with E-state index in [-0.39, 0.29) is 42.8 Å². The van der Waals surface area contributed by atoms with Crippen LogP contribution < -0.4 is 16.7 Å². The number of nitrogens with two attached hydrogens (primary N) is 1. The first kappa shape index (κ1) is 31.4. The van der Waals surface area contributed by atoms with Crippen LogP contribution in [0.3, 0.4) is 0 Å². The molecule has 2 aliphatic rings. The molecule has 42 heavy (non-hydrogen) atoms. The van der Waals surface area contributed by atoms with Crippen molar-refractivity contribution >= 4 is 41.2 Å². The minimum atomic E-state index is -0.951. The predicted molar refractivity (Wildman–Crippen MR) is 156 cm³/mol. The Bertz CT molecular complexity index is 1550. The molecule has 3 heterocycles. The van der Waals surface area contributed by atoms with Crippen molar-refractivity contribution in [1.29, 1.82) is 0 Å². The monoisotopic (exact) mass is 603 g/mol. The van der Waals surface area contributed by atoms with Crippen LogP contribution in [0.1, 0.15) is 55.7 Å². The summed E-state index contributed by atoms with van der Waals surface area (Å²) in [5.41, 5.74) is 8.84. The third kappa shape index (κ3) is 6.42. The number of imide groups is 1. The molecule has 0 spiro atoms. The van der Waals surface area contributed by atoms with E-state index in [1.165, 1.54) is 10.6 Å². The van der Waals surface area contributed by atoms with E-state index in [1.54, 1.807) is 16.5 Å². The number of piperidine rings is 2. The molecule has 12 heteroatoms. The fourth-order valence-electron chi connectivity index (χ4n) is 6.22. The Labute approximate surface area is 248 Å². The zero-order chi connectivity index (χ0) is 29.3. The number of carbonyl (C=O) groups is 3. The van der Waals surface area contributed by atoms with Gasteiger partial charge in [0, 0.05) is 26.6 Å². The van der Waals surface area contributed by atoms with Crippen LogP contribution in [-0.2, 0) is 34.3 Å². The number of aryl methyl sites for hydroxylation is 2. The van der Waals surface area contributed by atoms with Gasteiger partial charge >= 0.3 is 5.69 Å². The molecule has 0 bridgehead atoms. The molecule has 226 valence electrons. The molecule has 2 aromatic carbocycles. The normalized spacial score (nSPS) is 18.6. The summed E-state index contributed by atoms with van der Waals surface area (Å²) < 4.78 is 29.8. The summed E-state index contributed by atoms with van der Waals surface area (Å²) in [6.45, 7) is 1.21. The molecule has 0 radical (unpaired) electrons. The molecular formula is C30H36ClF2N5O4. The lowest BCUT2D eigenvalue weighted by Gasteiger charge is -2.33. The first-order valence-electron chi connectivity index (χ1n) is 14.1. The highest BCUT2D eigenvalue weighted by Crippen LogP contribution is 2.28. The van der Waals surface area contributed by atoms with Gasteiger partial charge in [-0.2, -0.15) is 0 Å². The number of benzene rings is 2. The number of nitrogens with zero attached hydrogens (tertiary/aromatic N) is 3. The van der Waals surface area contributed by atoms with Gasteiger partial charge in [0.1, 0.15) is 6.04 Å². The minimum Gasteiger partial charge on any atom is -0.341 e. The van der Waals surface area contributed by atoms with Gasteiger partial charge < -0.3 is 10.6 Å². The molecule has 2 unspecified atom stereocenters.